The topological polar surface area (TPSA) is 97.4 Å². The van der Waals surface area contributed by atoms with Crippen molar-refractivity contribution in [3.05, 3.63) is 65.4 Å². The number of carbonyl (C=O) groups is 3. The summed E-state index contributed by atoms with van der Waals surface area (Å²) in [6, 6.07) is 7.52. The summed E-state index contributed by atoms with van der Waals surface area (Å²) in [5.74, 6) is -1.37. The minimum absolute atomic E-state index is 0.0966. The molecule has 3 amide bonds. The second-order valence-corrected chi connectivity index (χ2v) is 10.5. The van der Waals surface area contributed by atoms with Crippen LogP contribution in [0, 0.1) is 24.0 Å². The first kappa shape index (κ1) is 25.4. The molecular weight excluding hydrogens is 497 g/mol. The number of hydrogen-bond acceptors (Lipinski definition) is 3. The van der Waals surface area contributed by atoms with Gasteiger partial charge in [0.15, 0.2) is 0 Å². The number of fused-ring (bicyclic) bond motifs is 3. The smallest absolute Gasteiger partial charge is 0.265 e. The molecule has 0 radical (unpaired) electrons. The molecule has 2 aliphatic heterocycles. The number of hydrogen-bond donors (Lipinski definition) is 2. The predicted octanol–water partition coefficient (Wildman–Crippen LogP) is 3.82. The van der Waals surface area contributed by atoms with Crippen LogP contribution in [0.5, 0.6) is 0 Å². The third kappa shape index (κ3) is 3.90. The van der Waals surface area contributed by atoms with E-state index in [1.807, 2.05) is 0 Å². The Labute approximate surface area is 216 Å². The number of amides is 3. The second-order valence-electron chi connectivity index (χ2n) is 10.5. The van der Waals surface area contributed by atoms with Crippen molar-refractivity contribution in [2.45, 2.75) is 49.9 Å². The number of primary amides is 1. The molecule has 3 N–H and O–H groups in total. The van der Waals surface area contributed by atoms with Gasteiger partial charge in [0.2, 0.25) is 11.8 Å². The van der Waals surface area contributed by atoms with Crippen molar-refractivity contribution in [2.24, 2.45) is 5.73 Å². The van der Waals surface area contributed by atoms with Gasteiger partial charge >= 0.3 is 0 Å². The van der Waals surface area contributed by atoms with Crippen LogP contribution in [-0.4, -0.2) is 45.4 Å². The summed E-state index contributed by atoms with van der Waals surface area (Å²) >= 11 is 0. The lowest BCUT2D eigenvalue weighted by Gasteiger charge is -2.31. The molecule has 196 valence electrons. The number of anilines is 1. The molecule has 7 nitrogen and oxygen atoms in total. The molecule has 38 heavy (non-hydrogen) atoms. The maximum atomic E-state index is 15.1. The van der Waals surface area contributed by atoms with Gasteiger partial charge in [0.1, 0.15) is 29.0 Å². The number of likely N-dealkylation sites (tertiary alicyclic amines) is 1. The van der Waals surface area contributed by atoms with E-state index >= 15 is 4.39 Å². The largest absolute Gasteiger partial charge is 0.364 e. The molecule has 1 fully saturated rings. The van der Waals surface area contributed by atoms with E-state index in [2.05, 4.69) is 11.2 Å². The fraction of sp³-hybridized carbons (Fsp3) is 0.321. The Hall–Kier alpha value is -4.26. The van der Waals surface area contributed by atoms with Gasteiger partial charge in [0.05, 0.1) is 17.0 Å². The Balaban J connectivity index is 1.66. The number of para-hydroxylation sites is 1. The van der Waals surface area contributed by atoms with E-state index in [0.29, 0.717) is 17.3 Å². The zero-order chi connectivity index (χ0) is 27.6. The monoisotopic (exact) mass is 522 g/mol. The Morgan fingerprint density at radius 2 is 1.97 bits per heavy atom. The lowest BCUT2D eigenvalue weighted by atomic mass is 9.79. The highest BCUT2D eigenvalue weighted by atomic mass is 19.1. The highest BCUT2D eigenvalue weighted by molar-refractivity contribution is 6.07. The Kier molecular flexibility index (Phi) is 5.78. The lowest BCUT2D eigenvalue weighted by molar-refractivity contribution is -0.136. The summed E-state index contributed by atoms with van der Waals surface area (Å²) in [5, 5.41) is 2.69. The Bertz CT molecular complexity index is 1550. The lowest BCUT2D eigenvalue weighted by Crippen LogP contribution is -2.44. The molecule has 5 rings (SSSR count). The molecule has 3 atom stereocenters. The van der Waals surface area contributed by atoms with Crippen molar-refractivity contribution in [1.29, 1.82) is 0 Å². The molecule has 1 aromatic heterocycles. The first-order valence-electron chi connectivity index (χ1n) is 12.0. The van der Waals surface area contributed by atoms with Crippen LogP contribution in [0.25, 0.3) is 10.9 Å². The zero-order valence-electron chi connectivity index (χ0n) is 20.7. The fourth-order valence-electron chi connectivity index (χ4n) is 5.73. The molecule has 0 saturated carbocycles. The molecular formula is C28H25F3N4O3. The summed E-state index contributed by atoms with van der Waals surface area (Å²) in [6.45, 7) is 2.39. The van der Waals surface area contributed by atoms with Gasteiger partial charge in [-0.25, -0.2) is 13.2 Å². The number of benzene rings is 2. The first-order chi connectivity index (χ1) is 17.9. The van der Waals surface area contributed by atoms with Crippen LogP contribution in [-0.2, 0) is 15.0 Å². The standard InChI is InChI=1S/C28H25F3N4O3/c1-4-16-12-28(18-7-5-6-8-20(18)33-26(28)38)14-34(16)25(37)23(13-27(2,3)31)35-21-10-15(29)9-19(30)17(21)11-22(35)24(32)36/h1,5-11,16,23H,12-14H2,2-3H3,(H2,32,36)(H,33,38)/t16-,23+,28+/m1/s1. The summed E-state index contributed by atoms with van der Waals surface area (Å²) in [7, 11) is 0. The van der Waals surface area contributed by atoms with E-state index in [4.69, 9.17) is 12.2 Å². The summed E-state index contributed by atoms with van der Waals surface area (Å²) in [4.78, 5) is 41.1. The van der Waals surface area contributed by atoms with E-state index in [9.17, 15) is 23.2 Å². The third-order valence-electron chi connectivity index (χ3n) is 7.36. The first-order valence-corrected chi connectivity index (χ1v) is 12.0. The van der Waals surface area contributed by atoms with Gasteiger partial charge < -0.3 is 20.5 Å². The highest BCUT2D eigenvalue weighted by Crippen LogP contribution is 2.47. The zero-order valence-corrected chi connectivity index (χ0v) is 20.7. The molecule has 2 aliphatic rings. The van der Waals surface area contributed by atoms with Crippen molar-refractivity contribution in [1.82, 2.24) is 9.47 Å². The number of halogens is 3. The van der Waals surface area contributed by atoms with Crippen molar-refractivity contribution in [2.75, 3.05) is 11.9 Å². The number of nitrogens with two attached hydrogens (primary N) is 1. The average Bonchev–Trinajstić information content (AvgIpc) is 3.49. The van der Waals surface area contributed by atoms with Gasteiger partial charge in [-0.3, -0.25) is 14.4 Å². The second kappa shape index (κ2) is 8.65. The number of aromatic nitrogens is 1. The van der Waals surface area contributed by atoms with Gasteiger partial charge in [-0.05, 0) is 44.0 Å². The van der Waals surface area contributed by atoms with E-state index in [1.165, 1.54) is 18.7 Å². The number of terminal acetylenes is 1. The average molecular weight is 523 g/mol. The fourth-order valence-corrected chi connectivity index (χ4v) is 5.73. The van der Waals surface area contributed by atoms with Gasteiger partial charge in [0.25, 0.3) is 5.91 Å². The number of carbonyl (C=O) groups excluding carboxylic acids is 3. The van der Waals surface area contributed by atoms with Crippen molar-refractivity contribution >= 4 is 34.3 Å². The normalized spacial score (nSPS) is 21.4. The van der Waals surface area contributed by atoms with Crippen molar-refractivity contribution in [3.63, 3.8) is 0 Å². The molecule has 10 heteroatoms. The molecule has 2 aromatic carbocycles. The molecule has 0 aliphatic carbocycles. The molecule has 3 heterocycles. The van der Waals surface area contributed by atoms with E-state index in [0.717, 1.165) is 16.7 Å². The van der Waals surface area contributed by atoms with Gasteiger partial charge in [0, 0.05) is 30.1 Å². The Morgan fingerprint density at radius 1 is 1.26 bits per heavy atom. The van der Waals surface area contributed by atoms with E-state index in [-0.39, 0.29) is 35.5 Å². The molecule has 1 spiro atoms. The predicted molar refractivity (Wildman–Crippen MR) is 135 cm³/mol. The molecule has 0 bridgehead atoms. The summed E-state index contributed by atoms with van der Waals surface area (Å²) < 4.78 is 45.2. The SMILES string of the molecule is C#C[C@@H]1C[C@@]2(CN1C(=O)[C@H](CC(C)(C)F)n1c(C(N)=O)cc3c(F)cc(F)cc31)C(=O)Nc1ccccc12. The third-order valence-corrected chi connectivity index (χ3v) is 7.36. The number of rotatable bonds is 5. The minimum Gasteiger partial charge on any atom is -0.364 e. The summed E-state index contributed by atoms with van der Waals surface area (Å²) in [6.07, 6.45) is 5.47. The maximum Gasteiger partial charge on any atom is 0.265 e. The Morgan fingerprint density at radius 3 is 2.63 bits per heavy atom. The summed E-state index contributed by atoms with van der Waals surface area (Å²) in [5.41, 5.74) is 3.38. The quantitative estimate of drug-likeness (QED) is 0.499. The number of alkyl halides is 1. The van der Waals surface area contributed by atoms with Crippen LogP contribution in [0.15, 0.2) is 42.5 Å². The van der Waals surface area contributed by atoms with Crippen LogP contribution in [0.2, 0.25) is 0 Å². The molecule has 1 saturated heterocycles. The van der Waals surface area contributed by atoms with Crippen LogP contribution in [0.1, 0.15) is 48.8 Å². The van der Waals surface area contributed by atoms with Crippen molar-refractivity contribution < 1.29 is 27.6 Å². The van der Waals surface area contributed by atoms with Gasteiger partial charge in [-0.1, -0.05) is 24.1 Å². The molecule has 3 aromatic rings. The van der Waals surface area contributed by atoms with Gasteiger partial charge in [-0.15, -0.1) is 6.42 Å². The molecule has 0 unspecified atom stereocenters. The number of nitrogens with one attached hydrogen (secondary N) is 1. The van der Waals surface area contributed by atoms with Gasteiger partial charge in [-0.2, -0.15) is 0 Å². The highest BCUT2D eigenvalue weighted by Gasteiger charge is 2.56. The maximum absolute atomic E-state index is 15.1. The number of nitrogens with zero attached hydrogens (tertiary/aromatic N) is 2. The van der Waals surface area contributed by atoms with Crippen molar-refractivity contribution in [3.8, 4) is 12.3 Å². The minimum atomic E-state index is -1.95. The van der Waals surface area contributed by atoms with Crippen LogP contribution >= 0.6 is 0 Å². The van der Waals surface area contributed by atoms with Crippen LogP contribution in [0.4, 0.5) is 18.9 Å². The van der Waals surface area contributed by atoms with Crippen LogP contribution < -0.4 is 11.1 Å². The van der Waals surface area contributed by atoms with E-state index < -0.39 is 53.0 Å². The van der Waals surface area contributed by atoms with Crippen LogP contribution in [0.3, 0.4) is 0 Å². The van der Waals surface area contributed by atoms with E-state index in [1.54, 1.807) is 24.3 Å².